The summed E-state index contributed by atoms with van der Waals surface area (Å²) in [5.41, 5.74) is 0.186. The van der Waals surface area contributed by atoms with Crippen molar-refractivity contribution in [3.05, 3.63) is 23.9 Å². The van der Waals surface area contributed by atoms with Crippen molar-refractivity contribution in [2.75, 3.05) is 18.0 Å². The van der Waals surface area contributed by atoms with E-state index in [9.17, 15) is 9.59 Å². The Morgan fingerprint density at radius 2 is 1.91 bits per heavy atom. The third-order valence-corrected chi connectivity index (χ3v) is 4.87. The number of hydrogen-bond acceptors (Lipinski definition) is 5. The maximum absolute atomic E-state index is 12.2. The minimum Gasteiger partial charge on any atom is -0.354 e. The van der Waals surface area contributed by atoms with E-state index in [0.29, 0.717) is 24.9 Å². The van der Waals surface area contributed by atoms with Gasteiger partial charge in [0.15, 0.2) is 0 Å². The van der Waals surface area contributed by atoms with Gasteiger partial charge in [0.25, 0.3) is 0 Å². The van der Waals surface area contributed by atoms with Gasteiger partial charge in [-0.1, -0.05) is 6.07 Å². The number of rotatable bonds is 2. The normalized spacial score (nSPS) is 31.9. The highest BCUT2D eigenvalue weighted by molar-refractivity contribution is 6.03. The molecule has 0 spiro atoms. The average molecular weight is 316 g/mol. The van der Waals surface area contributed by atoms with E-state index in [2.05, 4.69) is 34.4 Å². The van der Waals surface area contributed by atoms with Gasteiger partial charge < -0.3 is 10.2 Å². The van der Waals surface area contributed by atoms with Gasteiger partial charge in [0.2, 0.25) is 11.8 Å². The second kappa shape index (κ2) is 5.92. The Balaban J connectivity index is 1.79. The zero-order valence-electron chi connectivity index (χ0n) is 13.9. The van der Waals surface area contributed by atoms with Gasteiger partial charge in [-0.3, -0.25) is 14.9 Å². The lowest BCUT2D eigenvalue weighted by Crippen LogP contribution is -2.54. The van der Waals surface area contributed by atoms with E-state index in [1.54, 1.807) is 6.20 Å². The van der Waals surface area contributed by atoms with Crippen LogP contribution in [0.4, 0.5) is 5.82 Å². The van der Waals surface area contributed by atoms with Gasteiger partial charge in [-0.15, -0.1) is 0 Å². The van der Waals surface area contributed by atoms with E-state index in [-0.39, 0.29) is 11.8 Å². The average Bonchev–Trinajstić information content (AvgIpc) is 2.51. The SMILES string of the molecule is C[C@@H]1CN(c2ccc([C@@]3(C)CCC(=O)NC3=O)cn2)C[C@@H](C)N1. The molecule has 1 aromatic heterocycles. The van der Waals surface area contributed by atoms with Gasteiger partial charge in [0.05, 0.1) is 5.41 Å². The molecule has 0 unspecified atom stereocenters. The van der Waals surface area contributed by atoms with Gasteiger partial charge in [-0.2, -0.15) is 0 Å². The Morgan fingerprint density at radius 3 is 2.48 bits per heavy atom. The summed E-state index contributed by atoms with van der Waals surface area (Å²) in [6.07, 6.45) is 2.68. The van der Waals surface area contributed by atoms with Crippen LogP contribution in [-0.4, -0.2) is 42.0 Å². The summed E-state index contributed by atoms with van der Waals surface area (Å²) >= 11 is 0. The highest BCUT2D eigenvalue weighted by Gasteiger charge is 2.40. The summed E-state index contributed by atoms with van der Waals surface area (Å²) < 4.78 is 0. The number of aromatic nitrogens is 1. The van der Waals surface area contributed by atoms with E-state index < -0.39 is 5.41 Å². The van der Waals surface area contributed by atoms with E-state index in [1.165, 1.54) is 0 Å². The second-order valence-electron chi connectivity index (χ2n) is 6.99. The number of hydrogen-bond donors (Lipinski definition) is 2. The van der Waals surface area contributed by atoms with Crippen molar-refractivity contribution in [3.8, 4) is 0 Å². The largest absolute Gasteiger partial charge is 0.354 e. The fourth-order valence-electron chi connectivity index (χ4n) is 3.49. The molecule has 0 aliphatic carbocycles. The Bertz CT molecular complexity index is 606. The van der Waals surface area contributed by atoms with E-state index in [0.717, 1.165) is 24.5 Å². The topological polar surface area (TPSA) is 74.3 Å². The van der Waals surface area contributed by atoms with Gasteiger partial charge >= 0.3 is 0 Å². The van der Waals surface area contributed by atoms with E-state index in [1.807, 2.05) is 19.1 Å². The predicted molar refractivity (Wildman–Crippen MR) is 88.2 cm³/mol. The van der Waals surface area contributed by atoms with Crippen molar-refractivity contribution in [2.24, 2.45) is 0 Å². The molecule has 3 atom stereocenters. The summed E-state index contributed by atoms with van der Waals surface area (Å²) in [5.74, 6) is 0.512. The third-order valence-electron chi connectivity index (χ3n) is 4.87. The van der Waals surface area contributed by atoms with E-state index >= 15 is 0 Å². The number of piperidine rings is 1. The van der Waals surface area contributed by atoms with Crippen LogP contribution in [0.2, 0.25) is 0 Å². The Kier molecular flexibility index (Phi) is 4.10. The molecule has 23 heavy (non-hydrogen) atoms. The molecular weight excluding hydrogens is 292 g/mol. The molecule has 2 N–H and O–H groups in total. The molecule has 0 saturated carbocycles. The lowest BCUT2D eigenvalue weighted by molar-refractivity contribution is -0.137. The number of nitrogens with one attached hydrogen (secondary N) is 2. The predicted octanol–water partition coefficient (Wildman–Crippen LogP) is 0.963. The van der Waals surface area contributed by atoms with Crippen molar-refractivity contribution < 1.29 is 9.59 Å². The van der Waals surface area contributed by atoms with Gasteiger partial charge in [0.1, 0.15) is 5.82 Å². The number of carbonyl (C=O) groups is 2. The van der Waals surface area contributed by atoms with Crippen LogP contribution in [-0.2, 0) is 15.0 Å². The lowest BCUT2D eigenvalue weighted by atomic mass is 9.76. The minimum atomic E-state index is -0.677. The Hall–Kier alpha value is -1.95. The number of imide groups is 1. The molecule has 2 amide bonds. The van der Waals surface area contributed by atoms with Crippen molar-refractivity contribution in [1.82, 2.24) is 15.6 Å². The van der Waals surface area contributed by atoms with Gasteiger partial charge in [-0.25, -0.2) is 4.98 Å². The van der Waals surface area contributed by atoms with Crippen LogP contribution >= 0.6 is 0 Å². The van der Waals surface area contributed by atoms with Crippen LogP contribution in [0.3, 0.4) is 0 Å². The fraction of sp³-hybridized carbons (Fsp3) is 0.588. The van der Waals surface area contributed by atoms with Crippen molar-refractivity contribution >= 4 is 17.6 Å². The highest BCUT2D eigenvalue weighted by atomic mass is 16.2. The molecule has 0 bridgehead atoms. The highest BCUT2D eigenvalue weighted by Crippen LogP contribution is 2.32. The number of piperazine rings is 1. The van der Waals surface area contributed by atoms with Crippen molar-refractivity contribution in [3.63, 3.8) is 0 Å². The molecule has 2 saturated heterocycles. The molecule has 3 heterocycles. The maximum Gasteiger partial charge on any atom is 0.236 e. The van der Waals surface area contributed by atoms with Crippen LogP contribution in [0.1, 0.15) is 39.2 Å². The number of pyridine rings is 1. The molecule has 2 fully saturated rings. The van der Waals surface area contributed by atoms with E-state index in [4.69, 9.17) is 0 Å². The molecule has 2 aliphatic rings. The van der Waals surface area contributed by atoms with Crippen molar-refractivity contribution in [1.29, 1.82) is 0 Å². The minimum absolute atomic E-state index is 0.194. The lowest BCUT2D eigenvalue weighted by Gasteiger charge is -2.37. The van der Waals surface area contributed by atoms with Crippen LogP contribution in [0.5, 0.6) is 0 Å². The van der Waals surface area contributed by atoms with Gasteiger partial charge in [-0.05, 0) is 38.8 Å². The summed E-state index contributed by atoms with van der Waals surface area (Å²) in [7, 11) is 0. The molecular formula is C17H24N4O2. The van der Waals surface area contributed by atoms with Gasteiger partial charge in [0, 0.05) is 37.8 Å². The maximum atomic E-state index is 12.2. The Morgan fingerprint density at radius 1 is 1.22 bits per heavy atom. The molecule has 6 nitrogen and oxygen atoms in total. The monoisotopic (exact) mass is 316 g/mol. The molecule has 0 radical (unpaired) electrons. The number of amides is 2. The first-order valence-electron chi connectivity index (χ1n) is 8.20. The zero-order valence-corrected chi connectivity index (χ0v) is 13.9. The first kappa shape index (κ1) is 15.9. The Labute approximate surface area is 136 Å². The molecule has 0 aromatic carbocycles. The molecule has 124 valence electrons. The fourth-order valence-corrected chi connectivity index (χ4v) is 3.49. The van der Waals surface area contributed by atoms with Crippen LogP contribution < -0.4 is 15.5 Å². The quantitative estimate of drug-likeness (QED) is 0.795. The third kappa shape index (κ3) is 3.08. The second-order valence-corrected chi connectivity index (χ2v) is 6.99. The standard InChI is InChI=1S/C17H24N4O2/c1-11-9-21(10-12(2)19-11)14-5-4-13(8-18-14)17(3)7-6-15(22)20-16(17)23/h4-5,8,11-12,19H,6-7,9-10H2,1-3H3,(H,20,22,23)/t11-,12-,17-/m1/s1. The summed E-state index contributed by atoms with van der Waals surface area (Å²) in [6.45, 7) is 8.05. The number of nitrogens with zero attached hydrogens (tertiary/aromatic N) is 2. The smallest absolute Gasteiger partial charge is 0.236 e. The first-order valence-corrected chi connectivity index (χ1v) is 8.20. The number of anilines is 1. The summed E-state index contributed by atoms with van der Waals surface area (Å²) in [4.78, 5) is 30.4. The van der Waals surface area contributed by atoms with Crippen LogP contribution in [0, 0.1) is 0 Å². The molecule has 2 aliphatic heterocycles. The summed E-state index contributed by atoms with van der Waals surface area (Å²) in [5, 5.41) is 5.94. The van der Waals surface area contributed by atoms with Crippen LogP contribution in [0.25, 0.3) is 0 Å². The van der Waals surface area contributed by atoms with Crippen LogP contribution in [0.15, 0.2) is 18.3 Å². The first-order chi connectivity index (χ1) is 10.9. The zero-order chi connectivity index (χ0) is 16.6. The number of carbonyl (C=O) groups excluding carboxylic acids is 2. The molecule has 6 heteroatoms. The summed E-state index contributed by atoms with van der Waals surface area (Å²) in [6, 6.07) is 4.80. The molecule has 1 aromatic rings. The van der Waals surface area contributed by atoms with Crippen molar-refractivity contribution in [2.45, 2.75) is 51.1 Å². The molecule has 3 rings (SSSR count).